The number of aliphatic carboxylic acids is 1. The molecule has 45 heavy (non-hydrogen) atoms. The number of carboxylic acids is 1. The average molecular weight is 632 g/mol. The summed E-state index contributed by atoms with van der Waals surface area (Å²) in [7, 11) is 4.41. The fraction of sp³-hybridized carbons (Fsp3) is 0.500. The van der Waals surface area contributed by atoms with Gasteiger partial charge in [0, 0.05) is 40.7 Å². The van der Waals surface area contributed by atoms with Crippen LogP contribution in [0.25, 0.3) is 0 Å². The summed E-state index contributed by atoms with van der Waals surface area (Å²) in [6, 6.07) is 4.18. The third-order valence-electron chi connectivity index (χ3n) is 5.91. The van der Waals surface area contributed by atoms with E-state index >= 15 is 0 Å². The van der Waals surface area contributed by atoms with Crippen LogP contribution < -0.4 is 19.9 Å². The molecule has 4 amide bonds. The molecule has 0 bridgehead atoms. The average Bonchev–Trinajstić information content (AvgIpc) is 2.99. The number of ether oxygens (including phenoxy) is 2. The Hall–Kier alpha value is -4.95. The standard InChI is InChI=1S/C27H37N7O8.C3H8/c1-7-33(8-2)25-28-15-21(34(17-35)26(39)32(6)16-22(36)41-9-3)23(30-25)29-20(24(37)38)14-18-10-12-19(13-11-18)42-27(40)31(4)5;1-3-2/h10-13,15,17,20H,7-9,14,16H2,1-6H3,(H,37,38)(H,28,29,30);3H2,1-2H3. The number of likely N-dealkylation sites (N-methyl/N-ethyl adjacent to an activating group) is 1. The van der Waals surface area contributed by atoms with Crippen LogP contribution in [0.15, 0.2) is 30.5 Å². The minimum Gasteiger partial charge on any atom is -0.480 e. The maximum absolute atomic E-state index is 13.1. The van der Waals surface area contributed by atoms with Crippen molar-refractivity contribution in [1.82, 2.24) is 19.8 Å². The zero-order chi connectivity index (χ0) is 34.1. The lowest BCUT2D eigenvalue weighted by Gasteiger charge is -2.27. The molecule has 2 rings (SSSR count). The first-order valence-corrected chi connectivity index (χ1v) is 14.6. The first-order valence-electron chi connectivity index (χ1n) is 14.6. The number of carbonyl (C=O) groups excluding carboxylic acids is 4. The molecule has 1 unspecified atom stereocenters. The Morgan fingerprint density at radius 2 is 1.60 bits per heavy atom. The van der Waals surface area contributed by atoms with Gasteiger partial charge >= 0.3 is 24.1 Å². The minimum absolute atomic E-state index is 0.0287. The Balaban J connectivity index is 0.00000324. The summed E-state index contributed by atoms with van der Waals surface area (Å²) in [6.07, 6.45) is 2.13. The Morgan fingerprint density at radius 3 is 2.09 bits per heavy atom. The SMILES string of the molecule is CCC.CCOC(=O)CN(C)C(=O)N(C=O)c1cnc(N(CC)CC)nc1NC(Cc1ccc(OC(=O)N(C)C)cc1)C(=O)O. The largest absolute Gasteiger partial charge is 0.480 e. The first kappa shape index (κ1) is 38.1. The molecule has 0 spiro atoms. The molecule has 0 aliphatic heterocycles. The molecule has 1 atom stereocenters. The van der Waals surface area contributed by atoms with Crippen LogP contribution in [0.1, 0.15) is 46.6 Å². The zero-order valence-corrected chi connectivity index (χ0v) is 27.3. The predicted molar refractivity (Wildman–Crippen MR) is 170 cm³/mol. The van der Waals surface area contributed by atoms with Gasteiger partial charge in [-0.15, -0.1) is 0 Å². The number of hydrogen-bond donors (Lipinski definition) is 2. The summed E-state index contributed by atoms with van der Waals surface area (Å²) < 4.78 is 10.1. The van der Waals surface area contributed by atoms with E-state index in [2.05, 4.69) is 29.1 Å². The molecule has 2 aromatic rings. The lowest BCUT2D eigenvalue weighted by molar-refractivity contribution is -0.143. The summed E-state index contributed by atoms with van der Waals surface area (Å²) >= 11 is 0. The fourth-order valence-corrected chi connectivity index (χ4v) is 3.65. The summed E-state index contributed by atoms with van der Waals surface area (Å²) in [4.78, 5) is 74.7. The number of hydrogen-bond acceptors (Lipinski definition) is 11. The molecular formula is C30H45N7O8. The molecule has 248 valence electrons. The molecule has 15 nitrogen and oxygen atoms in total. The van der Waals surface area contributed by atoms with Crippen molar-refractivity contribution in [2.24, 2.45) is 0 Å². The van der Waals surface area contributed by atoms with Gasteiger partial charge in [0.2, 0.25) is 12.4 Å². The number of amides is 4. The smallest absolute Gasteiger partial charge is 0.414 e. The minimum atomic E-state index is -1.25. The van der Waals surface area contributed by atoms with Crippen LogP contribution in [0.2, 0.25) is 0 Å². The number of esters is 1. The number of nitrogens with zero attached hydrogens (tertiary/aromatic N) is 6. The predicted octanol–water partition coefficient (Wildman–Crippen LogP) is 3.49. The van der Waals surface area contributed by atoms with E-state index < -0.39 is 36.6 Å². The second-order valence-electron chi connectivity index (χ2n) is 9.85. The number of aromatic nitrogens is 2. The highest BCUT2D eigenvalue weighted by Crippen LogP contribution is 2.27. The second kappa shape index (κ2) is 19.4. The third-order valence-corrected chi connectivity index (χ3v) is 5.91. The lowest BCUT2D eigenvalue weighted by atomic mass is 10.1. The summed E-state index contributed by atoms with van der Waals surface area (Å²) in [6.45, 7) is 10.4. The number of carbonyl (C=O) groups is 5. The van der Waals surface area contributed by atoms with Gasteiger partial charge in [0.25, 0.3) is 0 Å². The Labute approximate surface area is 264 Å². The van der Waals surface area contributed by atoms with Crippen LogP contribution in [0.4, 0.5) is 27.0 Å². The van der Waals surface area contributed by atoms with Gasteiger partial charge in [-0.25, -0.2) is 24.3 Å². The van der Waals surface area contributed by atoms with E-state index in [4.69, 9.17) is 9.47 Å². The number of urea groups is 1. The number of nitrogens with one attached hydrogen (secondary N) is 1. The normalized spacial score (nSPS) is 10.8. The molecule has 0 saturated heterocycles. The van der Waals surface area contributed by atoms with Crippen LogP contribution in [0, 0.1) is 0 Å². The quantitative estimate of drug-likeness (QED) is 0.230. The number of carboxylic acid groups (broad SMARTS) is 1. The summed E-state index contributed by atoms with van der Waals surface area (Å²) in [5, 5.41) is 12.9. The van der Waals surface area contributed by atoms with Crippen molar-refractivity contribution in [2.45, 2.75) is 53.5 Å². The van der Waals surface area contributed by atoms with Gasteiger partial charge in [-0.2, -0.15) is 4.98 Å². The van der Waals surface area contributed by atoms with Crippen molar-refractivity contribution in [1.29, 1.82) is 0 Å². The van der Waals surface area contributed by atoms with E-state index in [1.807, 2.05) is 13.8 Å². The van der Waals surface area contributed by atoms with E-state index in [0.29, 0.717) is 23.6 Å². The molecule has 0 saturated carbocycles. The van der Waals surface area contributed by atoms with Gasteiger partial charge in [-0.05, 0) is 38.5 Å². The Morgan fingerprint density at radius 1 is 1.00 bits per heavy atom. The van der Waals surface area contributed by atoms with Gasteiger partial charge in [0.1, 0.15) is 24.0 Å². The monoisotopic (exact) mass is 631 g/mol. The van der Waals surface area contributed by atoms with E-state index in [1.165, 1.54) is 36.7 Å². The van der Waals surface area contributed by atoms with Crippen LogP contribution in [0.3, 0.4) is 0 Å². The Kier molecular flexibility index (Phi) is 16.4. The highest BCUT2D eigenvalue weighted by molar-refractivity contribution is 6.08. The number of imide groups is 1. The van der Waals surface area contributed by atoms with Gasteiger partial charge < -0.3 is 34.6 Å². The second-order valence-corrected chi connectivity index (χ2v) is 9.85. The van der Waals surface area contributed by atoms with Crippen molar-refractivity contribution in [2.75, 3.05) is 62.5 Å². The topological polar surface area (TPSA) is 175 Å². The van der Waals surface area contributed by atoms with Crippen molar-refractivity contribution < 1.29 is 38.6 Å². The number of benzene rings is 1. The summed E-state index contributed by atoms with van der Waals surface area (Å²) in [5.74, 6) is -1.44. The fourth-order valence-electron chi connectivity index (χ4n) is 3.65. The molecule has 2 N–H and O–H groups in total. The zero-order valence-electron chi connectivity index (χ0n) is 27.3. The van der Waals surface area contributed by atoms with Crippen LogP contribution in [-0.4, -0.2) is 109 Å². The van der Waals surface area contributed by atoms with E-state index in [-0.39, 0.29) is 42.6 Å². The van der Waals surface area contributed by atoms with Gasteiger partial charge in [-0.3, -0.25) is 9.59 Å². The molecule has 15 heteroatoms. The van der Waals surface area contributed by atoms with Crippen molar-refractivity contribution >= 4 is 47.9 Å². The molecule has 1 aromatic carbocycles. The van der Waals surface area contributed by atoms with E-state index in [9.17, 15) is 29.1 Å². The lowest BCUT2D eigenvalue weighted by Crippen LogP contribution is -2.44. The van der Waals surface area contributed by atoms with E-state index in [1.54, 1.807) is 38.1 Å². The van der Waals surface area contributed by atoms with Crippen molar-refractivity contribution in [3.63, 3.8) is 0 Å². The van der Waals surface area contributed by atoms with Crippen LogP contribution in [-0.2, 0) is 25.5 Å². The highest BCUT2D eigenvalue weighted by Gasteiger charge is 2.28. The maximum Gasteiger partial charge on any atom is 0.414 e. The van der Waals surface area contributed by atoms with Crippen molar-refractivity contribution in [3.05, 3.63) is 36.0 Å². The van der Waals surface area contributed by atoms with Crippen LogP contribution in [0.5, 0.6) is 5.75 Å². The maximum atomic E-state index is 13.1. The van der Waals surface area contributed by atoms with Crippen LogP contribution >= 0.6 is 0 Å². The summed E-state index contributed by atoms with van der Waals surface area (Å²) in [5.41, 5.74) is 0.482. The molecule has 1 heterocycles. The third kappa shape index (κ3) is 11.9. The molecule has 0 fully saturated rings. The molecule has 0 aliphatic rings. The van der Waals surface area contributed by atoms with Crippen molar-refractivity contribution in [3.8, 4) is 5.75 Å². The molecule has 0 radical (unpaired) electrons. The Bertz CT molecular complexity index is 1270. The first-order chi connectivity index (χ1) is 21.4. The number of anilines is 3. The molecular weight excluding hydrogens is 586 g/mol. The van der Waals surface area contributed by atoms with Gasteiger partial charge in [0.05, 0.1) is 12.8 Å². The molecule has 1 aromatic heterocycles. The number of rotatable bonds is 14. The van der Waals surface area contributed by atoms with Gasteiger partial charge in [-0.1, -0.05) is 32.4 Å². The highest BCUT2D eigenvalue weighted by atomic mass is 16.6. The van der Waals surface area contributed by atoms with E-state index in [0.717, 1.165) is 4.90 Å². The van der Waals surface area contributed by atoms with Gasteiger partial charge in [0.15, 0.2) is 5.82 Å². The molecule has 0 aliphatic carbocycles.